The summed E-state index contributed by atoms with van der Waals surface area (Å²) in [4.78, 5) is 4.50. The summed E-state index contributed by atoms with van der Waals surface area (Å²) in [5.74, 6) is 1.11. The van der Waals surface area contributed by atoms with Crippen LogP contribution in [0.1, 0.15) is 32.9 Å². The van der Waals surface area contributed by atoms with E-state index in [0.717, 1.165) is 35.8 Å². The van der Waals surface area contributed by atoms with Gasteiger partial charge in [-0.05, 0) is 31.1 Å². The lowest BCUT2D eigenvalue weighted by molar-refractivity contribution is 0.542. The van der Waals surface area contributed by atoms with Crippen molar-refractivity contribution in [3.63, 3.8) is 0 Å². The van der Waals surface area contributed by atoms with Crippen molar-refractivity contribution < 1.29 is 0 Å². The SMILES string of the molecule is CCCn1nc2c(N)nc3ccccc3c2c1CC(C)C.CSN. The van der Waals surface area contributed by atoms with Crippen molar-refractivity contribution in [1.29, 1.82) is 0 Å². The van der Waals surface area contributed by atoms with E-state index in [1.54, 1.807) is 0 Å². The first kappa shape index (κ1) is 18.5. The number of para-hydroxylation sites is 1. The van der Waals surface area contributed by atoms with Crippen LogP contribution >= 0.6 is 11.9 Å². The van der Waals surface area contributed by atoms with Crippen molar-refractivity contribution in [3.8, 4) is 0 Å². The van der Waals surface area contributed by atoms with E-state index in [2.05, 4.69) is 42.6 Å². The van der Waals surface area contributed by atoms with Crippen molar-refractivity contribution >= 4 is 39.6 Å². The molecular formula is C18H27N5S. The molecule has 1 aromatic carbocycles. The third-order valence-corrected chi connectivity index (χ3v) is 3.75. The van der Waals surface area contributed by atoms with Gasteiger partial charge in [0.15, 0.2) is 5.82 Å². The minimum Gasteiger partial charge on any atom is -0.382 e. The number of aryl methyl sites for hydroxylation is 1. The highest BCUT2D eigenvalue weighted by Gasteiger charge is 2.17. The molecule has 4 N–H and O–H groups in total. The van der Waals surface area contributed by atoms with Crippen LogP contribution in [0.4, 0.5) is 5.82 Å². The molecule has 0 spiro atoms. The molecule has 130 valence electrons. The van der Waals surface area contributed by atoms with Crippen LogP contribution in [0.15, 0.2) is 24.3 Å². The molecule has 0 aliphatic rings. The fourth-order valence-electron chi connectivity index (χ4n) is 2.92. The maximum atomic E-state index is 6.14. The van der Waals surface area contributed by atoms with Crippen LogP contribution in [0.25, 0.3) is 21.8 Å². The van der Waals surface area contributed by atoms with E-state index in [1.165, 1.54) is 23.0 Å². The minimum atomic E-state index is 0.531. The summed E-state index contributed by atoms with van der Waals surface area (Å²) >= 11 is 1.25. The smallest absolute Gasteiger partial charge is 0.152 e. The van der Waals surface area contributed by atoms with Gasteiger partial charge in [0, 0.05) is 23.0 Å². The maximum Gasteiger partial charge on any atom is 0.152 e. The highest BCUT2D eigenvalue weighted by Crippen LogP contribution is 2.31. The molecule has 0 bridgehead atoms. The standard InChI is InChI=1S/C17H22N4.CH5NS/c1-4-9-21-14(10-11(2)3)15-12-7-5-6-8-13(12)19-17(18)16(15)20-21;1-3-2/h5-8,11H,4,9-10H2,1-3H3,(H2,18,19);2H2,1H3. The van der Waals surface area contributed by atoms with E-state index in [4.69, 9.17) is 16.0 Å². The first-order chi connectivity index (χ1) is 11.5. The molecule has 0 fully saturated rings. The number of rotatable bonds is 4. The molecule has 2 aromatic heterocycles. The third-order valence-electron chi connectivity index (χ3n) is 3.75. The number of anilines is 1. The van der Waals surface area contributed by atoms with E-state index in [0.29, 0.717) is 11.7 Å². The molecule has 2 heterocycles. The van der Waals surface area contributed by atoms with Crippen molar-refractivity contribution in [3.05, 3.63) is 30.0 Å². The first-order valence-electron chi connectivity index (χ1n) is 8.29. The zero-order valence-corrected chi connectivity index (χ0v) is 15.7. The van der Waals surface area contributed by atoms with Gasteiger partial charge >= 0.3 is 0 Å². The number of nitrogens with two attached hydrogens (primary N) is 2. The number of fused-ring (bicyclic) bond motifs is 3. The second-order valence-electron chi connectivity index (χ2n) is 6.24. The number of nitrogens with zero attached hydrogens (tertiary/aromatic N) is 3. The molecule has 0 saturated carbocycles. The van der Waals surface area contributed by atoms with Crippen LogP contribution in [0.2, 0.25) is 0 Å². The average molecular weight is 346 g/mol. The van der Waals surface area contributed by atoms with Crippen LogP contribution in [0.3, 0.4) is 0 Å². The van der Waals surface area contributed by atoms with Gasteiger partial charge in [-0.3, -0.25) is 9.82 Å². The molecule has 0 saturated heterocycles. The summed E-state index contributed by atoms with van der Waals surface area (Å²) in [6, 6.07) is 8.18. The monoisotopic (exact) mass is 345 g/mol. The largest absolute Gasteiger partial charge is 0.382 e. The molecule has 0 atom stereocenters. The Kier molecular flexibility index (Phi) is 6.45. The molecule has 6 heteroatoms. The molecular weight excluding hydrogens is 318 g/mol. The number of nitrogen functional groups attached to an aromatic ring is 1. The van der Waals surface area contributed by atoms with Gasteiger partial charge < -0.3 is 5.73 Å². The minimum absolute atomic E-state index is 0.531. The van der Waals surface area contributed by atoms with E-state index < -0.39 is 0 Å². The normalized spacial score (nSPS) is 11.1. The Bertz CT molecular complexity index is 810. The molecule has 0 radical (unpaired) electrons. The fraction of sp³-hybridized carbons (Fsp3) is 0.444. The number of hydrogen-bond acceptors (Lipinski definition) is 5. The number of aromatic nitrogens is 3. The first-order valence-corrected chi connectivity index (χ1v) is 9.58. The quantitative estimate of drug-likeness (QED) is 0.698. The Hall–Kier alpha value is -1.79. The van der Waals surface area contributed by atoms with Crippen molar-refractivity contribution in [1.82, 2.24) is 14.8 Å². The van der Waals surface area contributed by atoms with E-state index in [-0.39, 0.29) is 0 Å². The lowest BCUT2D eigenvalue weighted by Crippen LogP contribution is -2.07. The fourth-order valence-corrected chi connectivity index (χ4v) is 2.92. The van der Waals surface area contributed by atoms with Crippen LogP contribution in [0.5, 0.6) is 0 Å². The molecule has 5 nitrogen and oxygen atoms in total. The zero-order chi connectivity index (χ0) is 17.7. The summed E-state index contributed by atoms with van der Waals surface area (Å²) in [6.45, 7) is 7.57. The lowest BCUT2D eigenvalue weighted by Gasteiger charge is -2.10. The van der Waals surface area contributed by atoms with Gasteiger partial charge in [-0.2, -0.15) is 5.10 Å². The number of pyridine rings is 1. The molecule has 3 aromatic rings. The van der Waals surface area contributed by atoms with Crippen LogP contribution in [-0.4, -0.2) is 21.0 Å². The molecule has 0 aliphatic carbocycles. The van der Waals surface area contributed by atoms with Gasteiger partial charge in [-0.15, -0.1) is 0 Å². The molecule has 0 aliphatic heterocycles. The summed E-state index contributed by atoms with van der Waals surface area (Å²) in [5.41, 5.74) is 9.22. The van der Waals surface area contributed by atoms with Crippen LogP contribution in [0, 0.1) is 5.92 Å². The Labute approximate surface area is 147 Å². The topological polar surface area (TPSA) is 82.8 Å². The van der Waals surface area contributed by atoms with Crippen LogP contribution < -0.4 is 10.9 Å². The average Bonchev–Trinajstić information content (AvgIpc) is 2.88. The van der Waals surface area contributed by atoms with Gasteiger partial charge in [-0.25, -0.2) is 4.98 Å². The summed E-state index contributed by atoms with van der Waals surface area (Å²) in [5, 5.41) is 11.8. The van der Waals surface area contributed by atoms with Gasteiger partial charge in [0.25, 0.3) is 0 Å². The predicted octanol–water partition coefficient (Wildman–Crippen LogP) is 4.00. The van der Waals surface area contributed by atoms with Crippen LogP contribution in [-0.2, 0) is 13.0 Å². The second kappa shape index (κ2) is 8.35. The lowest BCUT2D eigenvalue weighted by atomic mass is 10.0. The third kappa shape index (κ3) is 3.82. The molecule has 3 rings (SSSR count). The van der Waals surface area contributed by atoms with Gasteiger partial charge in [0.2, 0.25) is 0 Å². The van der Waals surface area contributed by atoms with E-state index >= 15 is 0 Å². The Morgan fingerprint density at radius 1 is 1.25 bits per heavy atom. The van der Waals surface area contributed by atoms with Crippen molar-refractivity contribution in [2.24, 2.45) is 11.1 Å². The summed E-state index contributed by atoms with van der Waals surface area (Å²) in [6.07, 6.45) is 3.88. The van der Waals surface area contributed by atoms with E-state index in [9.17, 15) is 0 Å². The highest BCUT2D eigenvalue weighted by atomic mass is 32.2. The van der Waals surface area contributed by atoms with E-state index in [1.807, 2.05) is 18.4 Å². The Morgan fingerprint density at radius 3 is 2.54 bits per heavy atom. The predicted molar refractivity (Wildman–Crippen MR) is 106 cm³/mol. The molecule has 24 heavy (non-hydrogen) atoms. The number of hydrogen-bond donors (Lipinski definition) is 2. The Balaban J connectivity index is 0.000000647. The summed E-state index contributed by atoms with van der Waals surface area (Å²) in [7, 11) is 0. The zero-order valence-electron chi connectivity index (χ0n) is 14.9. The maximum absolute atomic E-state index is 6.14. The highest BCUT2D eigenvalue weighted by molar-refractivity contribution is 7.96. The molecule has 0 amide bonds. The van der Waals surface area contributed by atoms with Gasteiger partial charge in [0.1, 0.15) is 5.52 Å². The summed E-state index contributed by atoms with van der Waals surface area (Å²) < 4.78 is 2.12. The van der Waals surface area contributed by atoms with Crippen molar-refractivity contribution in [2.75, 3.05) is 12.0 Å². The van der Waals surface area contributed by atoms with Gasteiger partial charge in [-0.1, -0.05) is 50.9 Å². The number of benzene rings is 1. The molecule has 0 unspecified atom stereocenters. The Morgan fingerprint density at radius 2 is 1.92 bits per heavy atom. The second-order valence-corrected chi connectivity index (χ2v) is 6.71. The van der Waals surface area contributed by atoms with Gasteiger partial charge in [0.05, 0.1) is 5.52 Å². The van der Waals surface area contributed by atoms with Crippen molar-refractivity contribution in [2.45, 2.75) is 40.2 Å².